The van der Waals surface area contributed by atoms with Gasteiger partial charge in [-0.3, -0.25) is 5.32 Å². The molecule has 3 aromatic rings. The van der Waals surface area contributed by atoms with E-state index in [0.29, 0.717) is 28.6 Å². The Morgan fingerprint density at radius 1 is 1.29 bits per heavy atom. The number of ether oxygens (including phenoxy) is 1. The van der Waals surface area contributed by atoms with E-state index in [0.717, 1.165) is 0 Å². The van der Waals surface area contributed by atoms with Crippen LogP contribution in [0.3, 0.4) is 0 Å². The van der Waals surface area contributed by atoms with Crippen LogP contribution in [0.4, 0.5) is 28.8 Å². The standard InChI is InChI=1S/C15H11ClF3N5O2S2/c1-2-26-10-5-7(11-20-3-4-27-11)9(6-8(10)16)21-13(25)22-14-24-23-12(28-14)15(17,18)19/h3-6H,2H2,1H3,(H2,21,22,24,25). The highest BCUT2D eigenvalue weighted by Crippen LogP contribution is 2.38. The van der Waals surface area contributed by atoms with Gasteiger partial charge in [0.1, 0.15) is 10.8 Å². The van der Waals surface area contributed by atoms with Gasteiger partial charge in [0.2, 0.25) is 10.1 Å². The quantitative estimate of drug-likeness (QED) is 0.546. The van der Waals surface area contributed by atoms with Crippen molar-refractivity contribution in [3.05, 3.63) is 33.7 Å². The topological polar surface area (TPSA) is 89.0 Å². The molecule has 0 unspecified atom stereocenters. The number of nitrogens with zero attached hydrogens (tertiary/aromatic N) is 3. The molecule has 2 aromatic heterocycles. The second-order valence-electron chi connectivity index (χ2n) is 5.09. The Hall–Kier alpha value is -2.44. The minimum absolute atomic E-state index is 0.217. The summed E-state index contributed by atoms with van der Waals surface area (Å²) < 4.78 is 43.2. The minimum Gasteiger partial charge on any atom is -0.492 e. The Morgan fingerprint density at radius 2 is 2.07 bits per heavy atom. The minimum atomic E-state index is -4.63. The summed E-state index contributed by atoms with van der Waals surface area (Å²) in [4.78, 5) is 16.4. The number of benzene rings is 1. The zero-order chi connectivity index (χ0) is 20.3. The summed E-state index contributed by atoms with van der Waals surface area (Å²) in [5, 5.41) is 12.2. The van der Waals surface area contributed by atoms with E-state index >= 15 is 0 Å². The van der Waals surface area contributed by atoms with E-state index in [1.807, 2.05) is 0 Å². The Balaban J connectivity index is 1.83. The first-order chi connectivity index (χ1) is 13.3. The van der Waals surface area contributed by atoms with Gasteiger partial charge in [0.15, 0.2) is 0 Å². The molecule has 0 atom stereocenters. The van der Waals surface area contributed by atoms with E-state index in [1.165, 1.54) is 17.4 Å². The van der Waals surface area contributed by atoms with Crippen LogP contribution in [0.1, 0.15) is 11.9 Å². The van der Waals surface area contributed by atoms with Gasteiger partial charge in [-0.2, -0.15) is 13.2 Å². The van der Waals surface area contributed by atoms with E-state index < -0.39 is 17.2 Å². The molecule has 13 heteroatoms. The highest BCUT2D eigenvalue weighted by atomic mass is 35.5. The smallest absolute Gasteiger partial charge is 0.445 e. The number of anilines is 2. The van der Waals surface area contributed by atoms with Gasteiger partial charge in [0.05, 0.1) is 17.3 Å². The number of halogens is 4. The van der Waals surface area contributed by atoms with Gasteiger partial charge >= 0.3 is 12.2 Å². The van der Waals surface area contributed by atoms with Crippen LogP contribution in [0.2, 0.25) is 5.02 Å². The van der Waals surface area contributed by atoms with Crippen LogP contribution in [0.25, 0.3) is 10.6 Å². The lowest BCUT2D eigenvalue weighted by molar-refractivity contribution is -0.138. The van der Waals surface area contributed by atoms with Gasteiger partial charge in [-0.05, 0) is 19.1 Å². The first-order valence-electron chi connectivity index (χ1n) is 7.63. The third kappa shape index (κ3) is 4.69. The van der Waals surface area contributed by atoms with Crippen LogP contribution < -0.4 is 15.4 Å². The molecule has 1 aromatic carbocycles. The predicted molar refractivity (Wildman–Crippen MR) is 101 cm³/mol. The summed E-state index contributed by atoms with van der Waals surface area (Å²) in [6.07, 6.45) is -3.03. The fourth-order valence-corrected chi connectivity index (χ4v) is 3.59. The molecule has 0 radical (unpaired) electrons. The second-order valence-corrected chi connectivity index (χ2v) is 7.37. The predicted octanol–water partition coefficient (Wildman–Crippen LogP) is 5.38. The van der Waals surface area contributed by atoms with Crippen molar-refractivity contribution in [1.82, 2.24) is 15.2 Å². The maximum absolute atomic E-state index is 12.6. The molecule has 2 amide bonds. The highest BCUT2D eigenvalue weighted by molar-refractivity contribution is 7.15. The van der Waals surface area contributed by atoms with E-state index in [2.05, 4.69) is 25.8 Å². The van der Waals surface area contributed by atoms with E-state index in [9.17, 15) is 18.0 Å². The molecular weight excluding hydrogens is 439 g/mol. The van der Waals surface area contributed by atoms with Gasteiger partial charge in [0, 0.05) is 17.1 Å². The number of urea groups is 1. The van der Waals surface area contributed by atoms with Crippen LogP contribution >= 0.6 is 34.3 Å². The van der Waals surface area contributed by atoms with Crippen LogP contribution in [-0.4, -0.2) is 27.8 Å². The van der Waals surface area contributed by atoms with Crippen LogP contribution in [-0.2, 0) is 6.18 Å². The highest BCUT2D eigenvalue weighted by Gasteiger charge is 2.35. The molecular formula is C15H11ClF3N5O2S2. The van der Waals surface area contributed by atoms with E-state index in [4.69, 9.17) is 16.3 Å². The molecule has 0 bridgehead atoms. The molecule has 0 aliphatic rings. The van der Waals surface area contributed by atoms with Crippen molar-refractivity contribution >= 4 is 51.1 Å². The molecule has 3 rings (SSSR count). The number of carbonyl (C=O) groups is 1. The van der Waals surface area contributed by atoms with E-state index in [-0.39, 0.29) is 21.5 Å². The molecule has 0 aliphatic carbocycles. The Labute approximate surface area is 169 Å². The van der Waals surface area contributed by atoms with Crippen LogP contribution in [0, 0.1) is 0 Å². The Morgan fingerprint density at radius 3 is 2.68 bits per heavy atom. The summed E-state index contributed by atoms with van der Waals surface area (Å²) in [6.45, 7) is 2.19. The number of amides is 2. The number of hydrogen-bond donors (Lipinski definition) is 2. The molecule has 0 saturated carbocycles. The summed E-state index contributed by atoms with van der Waals surface area (Å²) in [5.41, 5.74) is 0.854. The SMILES string of the molecule is CCOc1cc(-c2nccs2)c(NC(=O)Nc2nnc(C(F)(F)F)s2)cc1Cl. The lowest BCUT2D eigenvalue weighted by Gasteiger charge is -2.13. The zero-order valence-corrected chi connectivity index (χ0v) is 16.4. The Bertz CT molecular complexity index is 979. The van der Waals surface area contributed by atoms with Gasteiger partial charge < -0.3 is 10.1 Å². The van der Waals surface area contributed by atoms with Gasteiger partial charge in [0.25, 0.3) is 0 Å². The molecule has 148 valence electrons. The summed E-state index contributed by atoms with van der Waals surface area (Å²) >= 11 is 7.73. The van der Waals surface area contributed by atoms with Crippen molar-refractivity contribution in [2.24, 2.45) is 0 Å². The van der Waals surface area contributed by atoms with Crippen molar-refractivity contribution < 1.29 is 22.7 Å². The fraction of sp³-hybridized carbons (Fsp3) is 0.200. The maximum atomic E-state index is 12.6. The number of alkyl halides is 3. The third-order valence-electron chi connectivity index (χ3n) is 3.17. The monoisotopic (exact) mass is 449 g/mol. The zero-order valence-electron chi connectivity index (χ0n) is 14.0. The average molecular weight is 450 g/mol. The van der Waals surface area contributed by atoms with Gasteiger partial charge in [-0.15, -0.1) is 21.5 Å². The lowest BCUT2D eigenvalue weighted by Crippen LogP contribution is -2.19. The first kappa shape index (κ1) is 20.3. The Kier molecular flexibility index (Phi) is 6.01. The maximum Gasteiger partial charge on any atom is 0.445 e. The number of aromatic nitrogens is 3. The number of thiazole rings is 1. The molecule has 28 heavy (non-hydrogen) atoms. The largest absolute Gasteiger partial charge is 0.492 e. The molecule has 0 fully saturated rings. The number of rotatable bonds is 5. The van der Waals surface area contributed by atoms with Gasteiger partial charge in [-0.25, -0.2) is 9.78 Å². The van der Waals surface area contributed by atoms with Crippen LogP contribution in [0.15, 0.2) is 23.7 Å². The van der Waals surface area contributed by atoms with Gasteiger partial charge in [-0.1, -0.05) is 22.9 Å². The molecule has 2 heterocycles. The van der Waals surface area contributed by atoms with Crippen molar-refractivity contribution in [3.8, 4) is 16.3 Å². The van der Waals surface area contributed by atoms with Crippen molar-refractivity contribution in [3.63, 3.8) is 0 Å². The molecule has 0 saturated heterocycles. The summed E-state index contributed by atoms with van der Waals surface area (Å²) in [6, 6.07) is 2.31. The molecule has 0 spiro atoms. The molecule has 7 nitrogen and oxygen atoms in total. The van der Waals surface area contributed by atoms with E-state index in [1.54, 1.807) is 24.6 Å². The van der Waals surface area contributed by atoms with Crippen molar-refractivity contribution in [1.29, 1.82) is 0 Å². The molecule has 0 aliphatic heterocycles. The summed E-state index contributed by atoms with van der Waals surface area (Å²) in [7, 11) is 0. The lowest BCUT2D eigenvalue weighted by atomic mass is 10.1. The van der Waals surface area contributed by atoms with Crippen molar-refractivity contribution in [2.45, 2.75) is 13.1 Å². The molecule has 2 N–H and O–H groups in total. The first-order valence-corrected chi connectivity index (χ1v) is 9.70. The summed E-state index contributed by atoms with van der Waals surface area (Å²) in [5.74, 6) is 0.416. The second kappa shape index (κ2) is 8.29. The van der Waals surface area contributed by atoms with Crippen molar-refractivity contribution in [2.75, 3.05) is 17.2 Å². The normalized spacial score (nSPS) is 11.3. The number of hydrogen-bond acceptors (Lipinski definition) is 7. The number of carbonyl (C=O) groups excluding carboxylic acids is 1. The third-order valence-corrected chi connectivity index (χ3v) is 5.16. The fourth-order valence-electron chi connectivity index (χ4n) is 2.10. The average Bonchev–Trinajstić information content (AvgIpc) is 3.28. The number of nitrogens with one attached hydrogen (secondary N) is 2. The van der Waals surface area contributed by atoms with Crippen LogP contribution in [0.5, 0.6) is 5.75 Å².